The van der Waals surface area contributed by atoms with Crippen LogP contribution in [-0.4, -0.2) is 19.6 Å². The lowest BCUT2D eigenvalue weighted by Gasteiger charge is -2.14. The van der Waals surface area contributed by atoms with E-state index in [-0.39, 0.29) is 0 Å². The second-order valence-electron chi connectivity index (χ2n) is 6.20. The summed E-state index contributed by atoms with van der Waals surface area (Å²) in [7, 11) is 0. The van der Waals surface area contributed by atoms with Crippen LogP contribution in [0.2, 0.25) is 0 Å². The molecule has 0 aliphatic rings. The number of nitrogens with one attached hydrogen (secondary N) is 2. The highest BCUT2D eigenvalue weighted by Gasteiger charge is 2.10. The number of aromatic nitrogens is 4. The first-order chi connectivity index (χ1) is 13.1. The zero-order chi connectivity index (χ0) is 18.8. The SMILES string of the molecule is Cc1cccc(C)c1Nc1cc(Nc2ccc(C#N)cc2)nc2ncnn12. The predicted octanol–water partition coefficient (Wildman–Crippen LogP) is 4.10. The van der Waals surface area contributed by atoms with Gasteiger partial charge in [-0.3, -0.25) is 0 Å². The van der Waals surface area contributed by atoms with Crippen LogP contribution in [0.3, 0.4) is 0 Å². The maximum absolute atomic E-state index is 8.93. The number of para-hydroxylation sites is 1. The summed E-state index contributed by atoms with van der Waals surface area (Å²) in [5, 5.41) is 19.9. The number of rotatable bonds is 4. The van der Waals surface area contributed by atoms with Crippen molar-refractivity contribution < 1.29 is 0 Å². The topological polar surface area (TPSA) is 90.9 Å². The normalized spacial score (nSPS) is 10.6. The van der Waals surface area contributed by atoms with E-state index in [1.54, 1.807) is 16.6 Å². The highest BCUT2D eigenvalue weighted by Crippen LogP contribution is 2.26. The zero-order valence-electron chi connectivity index (χ0n) is 14.9. The van der Waals surface area contributed by atoms with Gasteiger partial charge in [0.2, 0.25) is 0 Å². The number of fused-ring (bicyclic) bond motifs is 1. The van der Waals surface area contributed by atoms with E-state index in [1.165, 1.54) is 6.33 Å². The molecule has 0 amide bonds. The minimum absolute atomic E-state index is 0.488. The van der Waals surface area contributed by atoms with Crippen LogP contribution >= 0.6 is 0 Å². The van der Waals surface area contributed by atoms with E-state index >= 15 is 0 Å². The molecular weight excluding hydrogens is 338 g/mol. The third-order valence-electron chi connectivity index (χ3n) is 4.27. The van der Waals surface area contributed by atoms with E-state index in [4.69, 9.17) is 5.26 Å². The quantitative estimate of drug-likeness (QED) is 0.573. The first-order valence-electron chi connectivity index (χ1n) is 8.45. The van der Waals surface area contributed by atoms with E-state index in [1.807, 2.05) is 24.3 Å². The van der Waals surface area contributed by atoms with Crippen LogP contribution in [0.5, 0.6) is 0 Å². The molecule has 2 heterocycles. The summed E-state index contributed by atoms with van der Waals surface area (Å²) >= 11 is 0. The highest BCUT2D eigenvalue weighted by atomic mass is 15.4. The molecule has 2 aromatic carbocycles. The lowest BCUT2D eigenvalue weighted by molar-refractivity contribution is 0.947. The van der Waals surface area contributed by atoms with Crippen LogP contribution in [0.25, 0.3) is 5.78 Å². The molecule has 27 heavy (non-hydrogen) atoms. The Morgan fingerprint density at radius 3 is 2.44 bits per heavy atom. The summed E-state index contributed by atoms with van der Waals surface area (Å²) in [4.78, 5) is 8.71. The Hall–Kier alpha value is -3.92. The van der Waals surface area contributed by atoms with E-state index < -0.39 is 0 Å². The molecular formula is C20H17N7. The van der Waals surface area contributed by atoms with Gasteiger partial charge in [0.15, 0.2) is 0 Å². The molecule has 2 aromatic heterocycles. The Labute approximate surface area is 156 Å². The first-order valence-corrected chi connectivity index (χ1v) is 8.45. The van der Waals surface area contributed by atoms with Gasteiger partial charge in [-0.05, 0) is 49.2 Å². The van der Waals surface area contributed by atoms with Crippen molar-refractivity contribution in [3.8, 4) is 6.07 Å². The summed E-state index contributed by atoms with van der Waals surface area (Å²) in [6.45, 7) is 4.12. The Bertz CT molecular complexity index is 1130. The molecule has 0 fully saturated rings. The minimum Gasteiger partial charge on any atom is -0.340 e. The maximum atomic E-state index is 8.93. The molecule has 4 rings (SSSR count). The Balaban J connectivity index is 1.72. The molecule has 0 saturated heterocycles. The molecule has 7 heteroatoms. The number of nitrogens with zero attached hydrogens (tertiary/aromatic N) is 5. The molecule has 7 nitrogen and oxygen atoms in total. The van der Waals surface area contributed by atoms with Crippen LogP contribution in [0.4, 0.5) is 23.0 Å². The third-order valence-corrected chi connectivity index (χ3v) is 4.27. The smallest absolute Gasteiger partial charge is 0.256 e. The van der Waals surface area contributed by atoms with Crippen molar-refractivity contribution in [3.05, 3.63) is 71.5 Å². The second-order valence-corrected chi connectivity index (χ2v) is 6.20. The summed E-state index contributed by atoms with van der Waals surface area (Å²) < 4.78 is 1.66. The summed E-state index contributed by atoms with van der Waals surface area (Å²) in [5.41, 5.74) is 4.76. The average Bonchev–Trinajstić information content (AvgIpc) is 3.14. The molecule has 0 aliphatic heterocycles. The van der Waals surface area contributed by atoms with E-state index in [2.05, 4.69) is 57.7 Å². The van der Waals surface area contributed by atoms with Gasteiger partial charge in [0.1, 0.15) is 18.0 Å². The molecule has 0 atom stereocenters. The third kappa shape index (κ3) is 3.28. The zero-order valence-corrected chi connectivity index (χ0v) is 14.9. The maximum Gasteiger partial charge on any atom is 0.256 e. The number of benzene rings is 2. The van der Waals surface area contributed by atoms with Gasteiger partial charge < -0.3 is 10.6 Å². The van der Waals surface area contributed by atoms with Crippen molar-refractivity contribution in [3.63, 3.8) is 0 Å². The fourth-order valence-electron chi connectivity index (χ4n) is 2.88. The number of hydrogen-bond acceptors (Lipinski definition) is 6. The molecule has 2 N–H and O–H groups in total. The minimum atomic E-state index is 0.488. The van der Waals surface area contributed by atoms with Gasteiger partial charge >= 0.3 is 0 Å². The van der Waals surface area contributed by atoms with Crippen LogP contribution < -0.4 is 10.6 Å². The van der Waals surface area contributed by atoms with Crippen LogP contribution in [0, 0.1) is 25.2 Å². The molecule has 0 saturated carbocycles. The highest BCUT2D eigenvalue weighted by molar-refractivity contribution is 5.69. The molecule has 0 spiro atoms. The number of nitriles is 1. The van der Waals surface area contributed by atoms with Gasteiger partial charge in [-0.1, -0.05) is 18.2 Å². The molecule has 0 unspecified atom stereocenters. The fourth-order valence-corrected chi connectivity index (χ4v) is 2.88. The standard InChI is InChI=1S/C20H17N7/c1-13-4-3-5-14(2)19(13)26-18-10-17(25-20-22-12-23-27(18)20)24-16-8-6-15(11-21)7-9-16/h3-10,12,26H,1-2H3,(H,22,23,24,25). The van der Waals surface area contributed by atoms with Gasteiger partial charge in [-0.25, -0.2) is 0 Å². The summed E-state index contributed by atoms with van der Waals surface area (Å²) in [5.74, 6) is 1.88. The molecule has 4 aromatic rings. The van der Waals surface area contributed by atoms with Crippen molar-refractivity contribution in [2.24, 2.45) is 0 Å². The van der Waals surface area contributed by atoms with Gasteiger partial charge in [0, 0.05) is 17.4 Å². The Kier molecular flexibility index (Phi) is 4.15. The largest absolute Gasteiger partial charge is 0.340 e. The molecule has 0 radical (unpaired) electrons. The summed E-state index contributed by atoms with van der Waals surface area (Å²) in [6, 6.07) is 17.3. The summed E-state index contributed by atoms with van der Waals surface area (Å²) in [6.07, 6.45) is 1.48. The number of aryl methyl sites for hydroxylation is 2. The first kappa shape index (κ1) is 16.5. The Morgan fingerprint density at radius 2 is 1.74 bits per heavy atom. The van der Waals surface area contributed by atoms with Gasteiger partial charge in [0.25, 0.3) is 5.78 Å². The average molecular weight is 355 g/mol. The Morgan fingerprint density at radius 1 is 1.00 bits per heavy atom. The van der Waals surface area contributed by atoms with E-state index in [9.17, 15) is 0 Å². The van der Waals surface area contributed by atoms with Crippen molar-refractivity contribution in [1.82, 2.24) is 19.6 Å². The van der Waals surface area contributed by atoms with Crippen molar-refractivity contribution in [2.45, 2.75) is 13.8 Å². The van der Waals surface area contributed by atoms with Gasteiger partial charge in [-0.2, -0.15) is 24.8 Å². The fraction of sp³-hybridized carbons (Fsp3) is 0.100. The molecule has 0 bridgehead atoms. The number of hydrogen-bond donors (Lipinski definition) is 2. The monoisotopic (exact) mass is 355 g/mol. The van der Waals surface area contributed by atoms with Crippen LogP contribution in [-0.2, 0) is 0 Å². The molecule has 0 aliphatic carbocycles. The number of anilines is 4. The van der Waals surface area contributed by atoms with Crippen LogP contribution in [0.15, 0.2) is 54.9 Å². The van der Waals surface area contributed by atoms with Gasteiger partial charge in [0.05, 0.1) is 11.6 Å². The van der Waals surface area contributed by atoms with Crippen molar-refractivity contribution in [1.29, 1.82) is 5.26 Å². The second kappa shape index (κ2) is 6.77. The predicted molar refractivity (Wildman–Crippen MR) is 104 cm³/mol. The lowest BCUT2D eigenvalue weighted by atomic mass is 10.1. The van der Waals surface area contributed by atoms with Crippen molar-refractivity contribution in [2.75, 3.05) is 10.6 Å². The lowest BCUT2D eigenvalue weighted by Crippen LogP contribution is -2.06. The van der Waals surface area contributed by atoms with E-state index in [0.717, 1.165) is 28.3 Å². The van der Waals surface area contributed by atoms with Crippen molar-refractivity contribution >= 4 is 28.8 Å². The van der Waals surface area contributed by atoms with Gasteiger partial charge in [-0.15, -0.1) is 0 Å². The van der Waals surface area contributed by atoms with E-state index in [0.29, 0.717) is 17.2 Å². The molecule has 132 valence electrons. The van der Waals surface area contributed by atoms with Crippen LogP contribution in [0.1, 0.15) is 16.7 Å².